The molecule has 1 aromatic heterocycles. The average molecular weight is 366 g/mol. The maximum atomic E-state index is 4.60. The number of aromatic nitrogens is 2. The van der Waals surface area contributed by atoms with Crippen molar-refractivity contribution in [3.8, 4) is 0 Å². The van der Waals surface area contributed by atoms with Gasteiger partial charge in [-0.2, -0.15) is 0 Å². The van der Waals surface area contributed by atoms with Crippen LogP contribution in [0.5, 0.6) is 0 Å². The standard InChI is InChI=1S/C16H20BrN3S/c1-9-10(2)19-16(20-11(9)3)21-15-8-13(17)6-7-14(15)12(4)18-5/h6-8,12,18H,1-5H3. The third-order valence-corrected chi connectivity index (χ3v) is 5.12. The van der Waals surface area contributed by atoms with Crippen LogP contribution in [0, 0.1) is 20.8 Å². The molecule has 21 heavy (non-hydrogen) atoms. The Morgan fingerprint density at radius 2 is 1.76 bits per heavy atom. The largest absolute Gasteiger partial charge is 0.313 e. The molecule has 0 saturated heterocycles. The van der Waals surface area contributed by atoms with Gasteiger partial charge in [0.05, 0.1) is 0 Å². The lowest BCUT2D eigenvalue weighted by Crippen LogP contribution is -2.13. The predicted molar refractivity (Wildman–Crippen MR) is 92.0 cm³/mol. The molecule has 1 N–H and O–H groups in total. The summed E-state index contributed by atoms with van der Waals surface area (Å²) in [5.74, 6) is 0. The molecule has 112 valence electrons. The molecule has 2 rings (SSSR count). The highest BCUT2D eigenvalue weighted by Gasteiger charge is 2.13. The Balaban J connectivity index is 2.41. The number of benzene rings is 1. The van der Waals surface area contributed by atoms with E-state index < -0.39 is 0 Å². The second kappa shape index (κ2) is 6.90. The first-order valence-electron chi connectivity index (χ1n) is 6.88. The van der Waals surface area contributed by atoms with Crippen LogP contribution in [0.3, 0.4) is 0 Å². The van der Waals surface area contributed by atoms with Crippen LogP contribution in [0.2, 0.25) is 0 Å². The maximum absolute atomic E-state index is 4.60. The molecule has 1 heterocycles. The third kappa shape index (κ3) is 3.84. The van der Waals surface area contributed by atoms with E-state index in [0.717, 1.165) is 26.6 Å². The van der Waals surface area contributed by atoms with Crippen molar-refractivity contribution in [1.82, 2.24) is 15.3 Å². The van der Waals surface area contributed by atoms with Crippen molar-refractivity contribution in [3.05, 3.63) is 45.2 Å². The quantitative estimate of drug-likeness (QED) is 0.803. The summed E-state index contributed by atoms with van der Waals surface area (Å²) in [5.41, 5.74) is 4.51. The first-order valence-corrected chi connectivity index (χ1v) is 8.49. The van der Waals surface area contributed by atoms with Crippen LogP contribution in [0.1, 0.15) is 35.5 Å². The highest BCUT2D eigenvalue weighted by molar-refractivity contribution is 9.10. The van der Waals surface area contributed by atoms with Gasteiger partial charge in [-0.3, -0.25) is 0 Å². The fourth-order valence-corrected chi connectivity index (χ4v) is 3.62. The van der Waals surface area contributed by atoms with Crippen molar-refractivity contribution in [2.24, 2.45) is 0 Å². The highest BCUT2D eigenvalue weighted by Crippen LogP contribution is 2.34. The summed E-state index contributed by atoms with van der Waals surface area (Å²) in [4.78, 5) is 10.4. The molecule has 1 unspecified atom stereocenters. The fourth-order valence-electron chi connectivity index (χ4n) is 2.00. The van der Waals surface area contributed by atoms with Gasteiger partial charge in [-0.25, -0.2) is 9.97 Å². The van der Waals surface area contributed by atoms with Gasteiger partial charge < -0.3 is 5.32 Å². The number of aryl methyl sites for hydroxylation is 2. The van der Waals surface area contributed by atoms with Crippen molar-refractivity contribution < 1.29 is 0 Å². The Labute approximate surface area is 139 Å². The summed E-state index contributed by atoms with van der Waals surface area (Å²) in [7, 11) is 1.97. The smallest absolute Gasteiger partial charge is 0.192 e. The molecule has 0 amide bonds. The lowest BCUT2D eigenvalue weighted by molar-refractivity contribution is 0.641. The second-order valence-corrected chi connectivity index (χ2v) is 7.02. The molecule has 3 nitrogen and oxygen atoms in total. The molecule has 0 spiro atoms. The van der Waals surface area contributed by atoms with Gasteiger partial charge >= 0.3 is 0 Å². The topological polar surface area (TPSA) is 37.8 Å². The summed E-state index contributed by atoms with van der Waals surface area (Å²) in [6.07, 6.45) is 0. The second-order valence-electron chi connectivity index (χ2n) is 5.10. The molecule has 0 bridgehead atoms. The van der Waals surface area contributed by atoms with E-state index in [0.29, 0.717) is 0 Å². The molecule has 0 fully saturated rings. The van der Waals surface area contributed by atoms with E-state index >= 15 is 0 Å². The summed E-state index contributed by atoms with van der Waals surface area (Å²) < 4.78 is 1.07. The molecule has 0 aliphatic heterocycles. The summed E-state index contributed by atoms with van der Waals surface area (Å²) in [6, 6.07) is 6.62. The van der Waals surface area contributed by atoms with Crippen molar-refractivity contribution in [1.29, 1.82) is 0 Å². The van der Waals surface area contributed by atoms with E-state index in [1.54, 1.807) is 11.8 Å². The van der Waals surface area contributed by atoms with Crippen molar-refractivity contribution in [2.75, 3.05) is 7.05 Å². The van der Waals surface area contributed by atoms with E-state index in [4.69, 9.17) is 0 Å². The van der Waals surface area contributed by atoms with Gasteiger partial charge in [0.1, 0.15) is 0 Å². The zero-order chi connectivity index (χ0) is 15.6. The first-order chi connectivity index (χ1) is 9.92. The number of nitrogens with zero attached hydrogens (tertiary/aromatic N) is 2. The number of rotatable bonds is 4. The summed E-state index contributed by atoms with van der Waals surface area (Å²) in [5, 5.41) is 4.09. The van der Waals surface area contributed by atoms with Gasteiger partial charge in [0.25, 0.3) is 0 Å². The van der Waals surface area contributed by atoms with Crippen molar-refractivity contribution in [3.63, 3.8) is 0 Å². The van der Waals surface area contributed by atoms with Gasteiger partial charge in [0.2, 0.25) is 0 Å². The lowest BCUT2D eigenvalue weighted by Gasteiger charge is -2.16. The van der Waals surface area contributed by atoms with E-state index in [1.165, 1.54) is 10.5 Å². The molecule has 0 saturated carbocycles. The molecular weight excluding hydrogens is 346 g/mol. The van der Waals surface area contributed by atoms with Crippen molar-refractivity contribution in [2.45, 2.75) is 43.8 Å². The minimum Gasteiger partial charge on any atom is -0.313 e. The molecular formula is C16H20BrN3S. The van der Waals surface area contributed by atoms with Crippen LogP contribution in [-0.2, 0) is 0 Å². The minimum atomic E-state index is 0.285. The summed E-state index contributed by atoms with van der Waals surface area (Å²) in [6.45, 7) is 8.28. The van der Waals surface area contributed by atoms with E-state index in [-0.39, 0.29) is 6.04 Å². The third-order valence-electron chi connectivity index (χ3n) is 3.69. The average Bonchev–Trinajstić information content (AvgIpc) is 2.44. The van der Waals surface area contributed by atoms with Crippen LogP contribution >= 0.6 is 27.7 Å². The Morgan fingerprint density at radius 3 is 2.33 bits per heavy atom. The number of hydrogen-bond donors (Lipinski definition) is 1. The molecule has 0 radical (unpaired) electrons. The summed E-state index contributed by atoms with van der Waals surface area (Å²) >= 11 is 5.16. The molecule has 1 aromatic carbocycles. The van der Waals surface area contributed by atoms with E-state index in [2.05, 4.69) is 63.3 Å². The molecule has 0 aliphatic rings. The highest BCUT2D eigenvalue weighted by atomic mass is 79.9. The van der Waals surface area contributed by atoms with Crippen LogP contribution < -0.4 is 5.32 Å². The SMILES string of the molecule is CNC(C)c1ccc(Br)cc1Sc1nc(C)c(C)c(C)n1. The van der Waals surface area contributed by atoms with Gasteiger partial charge in [-0.05, 0) is 69.8 Å². The zero-order valence-electron chi connectivity index (χ0n) is 13.0. The Kier molecular flexibility index (Phi) is 5.41. The number of nitrogens with one attached hydrogen (secondary N) is 1. The van der Waals surface area contributed by atoms with Gasteiger partial charge in [0, 0.05) is 26.8 Å². The zero-order valence-corrected chi connectivity index (χ0v) is 15.4. The van der Waals surface area contributed by atoms with Gasteiger partial charge in [0.15, 0.2) is 5.16 Å². The van der Waals surface area contributed by atoms with Crippen LogP contribution in [0.25, 0.3) is 0 Å². The van der Waals surface area contributed by atoms with Crippen LogP contribution in [0.4, 0.5) is 0 Å². The van der Waals surface area contributed by atoms with E-state index in [9.17, 15) is 0 Å². The molecule has 1 atom stereocenters. The van der Waals surface area contributed by atoms with Crippen LogP contribution in [0.15, 0.2) is 32.7 Å². The van der Waals surface area contributed by atoms with E-state index in [1.807, 2.05) is 20.9 Å². The molecule has 5 heteroatoms. The maximum Gasteiger partial charge on any atom is 0.192 e. The molecule has 2 aromatic rings. The normalized spacial score (nSPS) is 12.5. The predicted octanol–water partition coefficient (Wildman–Crippen LogP) is 4.60. The van der Waals surface area contributed by atoms with Crippen LogP contribution in [-0.4, -0.2) is 17.0 Å². The number of halogens is 1. The Morgan fingerprint density at radius 1 is 1.14 bits per heavy atom. The minimum absolute atomic E-state index is 0.285. The Bertz CT molecular complexity index is 635. The van der Waals surface area contributed by atoms with Gasteiger partial charge in [-0.15, -0.1) is 0 Å². The first kappa shape index (κ1) is 16.5. The van der Waals surface area contributed by atoms with Gasteiger partial charge in [-0.1, -0.05) is 22.0 Å². The lowest BCUT2D eigenvalue weighted by atomic mass is 10.1. The Hall–Kier alpha value is -0.910. The molecule has 0 aliphatic carbocycles. The number of hydrogen-bond acceptors (Lipinski definition) is 4. The monoisotopic (exact) mass is 365 g/mol. The van der Waals surface area contributed by atoms with Crippen molar-refractivity contribution >= 4 is 27.7 Å². The fraction of sp³-hybridized carbons (Fsp3) is 0.375.